The number of carbonyl (C=O) groups excluding carboxylic acids is 1. The van der Waals surface area contributed by atoms with Crippen LogP contribution in [0.5, 0.6) is 0 Å². The third kappa shape index (κ3) is 3.18. The van der Waals surface area contributed by atoms with E-state index in [0.29, 0.717) is 12.8 Å². The van der Waals surface area contributed by atoms with Crippen molar-refractivity contribution in [2.75, 3.05) is 7.11 Å². The summed E-state index contributed by atoms with van der Waals surface area (Å²) in [5, 5.41) is 10.0. The van der Waals surface area contributed by atoms with E-state index < -0.39 is 24.1 Å². The minimum Gasteiger partial charge on any atom is -0.480 e. The van der Waals surface area contributed by atoms with Gasteiger partial charge in [0.15, 0.2) is 0 Å². The molecule has 5 heteroatoms. The van der Waals surface area contributed by atoms with Crippen LogP contribution in [0.25, 0.3) is 11.1 Å². The van der Waals surface area contributed by atoms with E-state index in [0.717, 1.165) is 22.3 Å². The summed E-state index contributed by atoms with van der Waals surface area (Å²) in [7, 11) is 1.30. The van der Waals surface area contributed by atoms with E-state index in [9.17, 15) is 14.7 Å². The Bertz CT molecular complexity index is 798. The second-order valence-corrected chi connectivity index (χ2v) is 6.81. The fourth-order valence-electron chi connectivity index (χ4n) is 4.20. The lowest BCUT2D eigenvalue weighted by molar-refractivity contribution is -0.145. The van der Waals surface area contributed by atoms with Crippen molar-refractivity contribution in [3.8, 4) is 11.1 Å². The Morgan fingerprint density at radius 3 is 1.89 bits per heavy atom. The Kier molecular flexibility index (Phi) is 5.49. The molecule has 0 heterocycles. The van der Waals surface area contributed by atoms with E-state index in [1.165, 1.54) is 12.0 Å². The van der Waals surface area contributed by atoms with Crippen LogP contribution in [0, 0.1) is 5.92 Å². The van der Waals surface area contributed by atoms with Gasteiger partial charge in [0.25, 0.3) is 0 Å². The Balaban J connectivity index is 2.21. The molecule has 1 amide bonds. The molecular weight excluding hydrogens is 342 g/mol. The molecule has 1 atom stereocenters. The molecule has 27 heavy (non-hydrogen) atoms. The van der Waals surface area contributed by atoms with Crippen LogP contribution in [0.1, 0.15) is 43.9 Å². The first-order chi connectivity index (χ1) is 13.0. The normalized spacial score (nSPS) is 13.8. The summed E-state index contributed by atoms with van der Waals surface area (Å²) < 4.78 is 5.05. The highest BCUT2D eigenvalue weighted by molar-refractivity contribution is 5.85. The second-order valence-electron chi connectivity index (χ2n) is 6.81. The first kappa shape index (κ1) is 19.0. The maximum absolute atomic E-state index is 12.8. The summed E-state index contributed by atoms with van der Waals surface area (Å²) in [5.41, 5.74) is 3.92. The van der Waals surface area contributed by atoms with Gasteiger partial charge in [0.05, 0.1) is 13.2 Å². The smallest absolute Gasteiger partial charge is 0.411 e. The number of aliphatic carboxylic acids is 1. The van der Waals surface area contributed by atoms with Crippen molar-refractivity contribution in [2.45, 2.75) is 38.8 Å². The lowest BCUT2D eigenvalue weighted by atomic mass is 9.90. The SMILES string of the molecule is CCC(CC)[C@@H](C(=O)O)N(C(=O)OC)C1c2ccccc2-c2ccccc21. The summed E-state index contributed by atoms with van der Waals surface area (Å²) in [6.07, 6.45) is 0.708. The van der Waals surface area contributed by atoms with Gasteiger partial charge < -0.3 is 9.84 Å². The van der Waals surface area contributed by atoms with Crippen molar-refractivity contribution in [1.29, 1.82) is 0 Å². The highest BCUT2D eigenvalue weighted by atomic mass is 16.5. The monoisotopic (exact) mass is 367 g/mol. The molecule has 0 spiro atoms. The number of carboxylic acid groups (broad SMARTS) is 1. The van der Waals surface area contributed by atoms with Crippen LogP contribution in [0.2, 0.25) is 0 Å². The standard InChI is InChI=1S/C22H25NO4/c1-4-14(5-2)19(21(24)25)23(22(26)27-3)20-17-12-8-6-10-15(17)16-11-7-9-13-18(16)20/h6-14,19-20H,4-5H2,1-3H3,(H,24,25)/t19-/m0/s1. The summed E-state index contributed by atoms with van der Waals surface area (Å²) in [5.74, 6) is -1.17. The second kappa shape index (κ2) is 7.82. The van der Waals surface area contributed by atoms with Gasteiger partial charge >= 0.3 is 12.1 Å². The van der Waals surface area contributed by atoms with Gasteiger partial charge in [0.2, 0.25) is 0 Å². The average molecular weight is 367 g/mol. The highest BCUT2D eigenvalue weighted by Crippen LogP contribution is 2.47. The van der Waals surface area contributed by atoms with Crippen molar-refractivity contribution in [1.82, 2.24) is 4.90 Å². The molecule has 0 unspecified atom stereocenters. The molecule has 2 aromatic rings. The van der Waals surface area contributed by atoms with Crippen LogP contribution in [-0.2, 0) is 9.53 Å². The number of carboxylic acids is 1. The lowest BCUT2D eigenvalue weighted by Crippen LogP contribution is -2.50. The first-order valence-electron chi connectivity index (χ1n) is 9.32. The van der Waals surface area contributed by atoms with E-state index in [-0.39, 0.29) is 5.92 Å². The molecule has 0 aliphatic heterocycles. The maximum atomic E-state index is 12.8. The third-order valence-corrected chi connectivity index (χ3v) is 5.51. The molecule has 0 saturated heterocycles. The van der Waals surface area contributed by atoms with Gasteiger partial charge in [-0.15, -0.1) is 0 Å². The van der Waals surface area contributed by atoms with Gasteiger partial charge in [0.1, 0.15) is 6.04 Å². The predicted octanol–water partition coefficient (Wildman–Crippen LogP) is 4.71. The number of hydrogen-bond acceptors (Lipinski definition) is 3. The molecule has 0 fully saturated rings. The van der Waals surface area contributed by atoms with Gasteiger partial charge in [-0.25, -0.2) is 9.59 Å². The quantitative estimate of drug-likeness (QED) is 0.803. The van der Waals surface area contributed by atoms with Crippen molar-refractivity contribution in [3.63, 3.8) is 0 Å². The minimum atomic E-state index is -1.00. The average Bonchev–Trinajstić information content (AvgIpc) is 3.02. The number of rotatable bonds is 6. The van der Waals surface area contributed by atoms with E-state index >= 15 is 0 Å². The van der Waals surface area contributed by atoms with Crippen LogP contribution in [0.3, 0.4) is 0 Å². The number of hydrogen-bond donors (Lipinski definition) is 1. The van der Waals surface area contributed by atoms with Crippen molar-refractivity contribution < 1.29 is 19.4 Å². The lowest BCUT2D eigenvalue weighted by Gasteiger charge is -2.37. The Morgan fingerprint density at radius 2 is 1.48 bits per heavy atom. The molecule has 0 radical (unpaired) electrons. The zero-order chi connectivity index (χ0) is 19.6. The van der Waals surface area contributed by atoms with E-state index in [4.69, 9.17) is 4.74 Å². The van der Waals surface area contributed by atoms with Crippen molar-refractivity contribution in [3.05, 3.63) is 59.7 Å². The zero-order valence-electron chi connectivity index (χ0n) is 15.9. The maximum Gasteiger partial charge on any atom is 0.411 e. The largest absolute Gasteiger partial charge is 0.480 e. The molecular formula is C22H25NO4. The van der Waals surface area contributed by atoms with E-state index in [1.807, 2.05) is 62.4 Å². The Morgan fingerprint density at radius 1 is 1.00 bits per heavy atom. The van der Waals surface area contributed by atoms with Crippen LogP contribution < -0.4 is 0 Å². The van der Waals surface area contributed by atoms with Crippen LogP contribution in [-0.4, -0.2) is 35.2 Å². The van der Waals surface area contributed by atoms with Gasteiger partial charge in [-0.2, -0.15) is 0 Å². The van der Waals surface area contributed by atoms with E-state index in [1.54, 1.807) is 0 Å². The van der Waals surface area contributed by atoms with Gasteiger partial charge in [0, 0.05) is 0 Å². The molecule has 0 bridgehead atoms. The summed E-state index contributed by atoms with van der Waals surface area (Å²) in [6, 6.07) is 14.2. The number of fused-ring (bicyclic) bond motifs is 3. The molecule has 2 aromatic carbocycles. The molecule has 0 saturated carbocycles. The molecule has 1 N–H and O–H groups in total. The summed E-state index contributed by atoms with van der Waals surface area (Å²) in [4.78, 5) is 26.5. The molecule has 1 aliphatic rings. The summed E-state index contributed by atoms with van der Waals surface area (Å²) >= 11 is 0. The van der Waals surface area contributed by atoms with Crippen molar-refractivity contribution >= 4 is 12.1 Å². The topological polar surface area (TPSA) is 66.8 Å². The van der Waals surface area contributed by atoms with E-state index in [2.05, 4.69) is 0 Å². The van der Waals surface area contributed by atoms with Gasteiger partial charge in [-0.1, -0.05) is 75.2 Å². The number of amides is 1. The number of carbonyl (C=O) groups is 2. The number of benzene rings is 2. The van der Waals surface area contributed by atoms with Crippen LogP contribution in [0.15, 0.2) is 48.5 Å². The summed E-state index contributed by atoms with van der Waals surface area (Å²) in [6.45, 7) is 3.91. The minimum absolute atomic E-state index is 0.165. The van der Waals surface area contributed by atoms with Crippen LogP contribution >= 0.6 is 0 Å². The molecule has 0 aromatic heterocycles. The zero-order valence-corrected chi connectivity index (χ0v) is 15.9. The third-order valence-electron chi connectivity index (χ3n) is 5.51. The number of methoxy groups -OCH3 is 1. The highest BCUT2D eigenvalue weighted by Gasteiger charge is 2.44. The van der Waals surface area contributed by atoms with Crippen molar-refractivity contribution in [2.24, 2.45) is 5.92 Å². The molecule has 3 rings (SSSR count). The fourth-order valence-corrected chi connectivity index (χ4v) is 4.20. The Hall–Kier alpha value is -2.82. The number of ether oxygens (including phenoxy) is 1. The first-order valence-corrected chi connectivity index (χ1v) is 9.32. The molecule has 142 valence electrons. The van der Waals surface area contributed by atoms with Crippen LogP contribution in [0.4, 0.5) is 4.79 Å². The number of nitrogens with zero attached hydrogens (tertiary/aromatic N) is 1. The fraction of sp³-hybridized carbons (Fsp3) is 0.364. The Labute approximate surface area is 159 Å². The van der Waals surface area contributed by atoms with Gasteiger partial charge in [-0.05, 0) is 28.2 Å². The molecule has 1 aliphatic carbocycles. The molecule has 5 nitrogen and oxygen atoms in total. The predicted molar refractivity (Wildman–Crippen MR) is 103 cm³/mol. The van der Waals surface area contributed by atoms with Gasteiger partial charge in [-0.3, -0.25) is 4.90 Å².